The van der Waals surface area contributed by atoms with E-state index in [1.54, 1.807) is 0 Å². The first-order valence-corrected chi connectivity index (χ1v) is 8.10. The third kappa shape index (κ3) is 4.45. The average molecular weight is 338 g/mol. The fraction of sp³-hybridized carbons (Fsp3) is 0.529. The fourth-order valence-electron chi connectivity index (χ4n) is 3.17. The molecule has 2 fully saturated rings. The molecule has 3 rings (SSSR count). The summed E-state index contributed by atoms with van der Waals surface area (Å²) in [5.41, 5.74) is 2.21. The minimum Gasteiger partial charge on any atom is -0.351 e. The maximum atomic E-state index is 12.1. The van der Waals surface area contributed by atoms with Gasteiger partial charge in [0.05, 0.1) is 6.04 Å². The van der Waals surface area contributed by atoms with Crippen molar-refractivity contribution < 1.29 is 9.59 Å². The second kappa shape index (κ2) is 8.31. The first-order chi connectivity index (χ1) is 10.7. The number of nitrogens with one attached hydrogen (secondary N) is 2. The van der Waals surface area contributed by atoms with Crippen LogP contribution in [0.1, 0.15) is 36.8 Å². The van der Waals surface area contributed by atoms with E-state index in [0.29, 0.717) is 19.5 Å². The van der Waals surface area contributed by atoms with Crippen LogP contribution in [-0.2, 0) is 22.7 Å². The smallest absolute Gasteiger partial charge is 0.237 e. The van der Waals surface area contributed by atoms with E-state index in [1.165, 1.54) is 0 Å². The zero-order chi connectivity index (χ0) is 15.4. The van der Waals surface area contributed by atoms with Gasteiger partial charge in [0.25, 0.3) is 0 Å². The highest BCUT2D eigenvalue weighted by molar-refractivity contribution is 5.85. The lowest BCUT2D eigenvalue weighted by molar-refractivity contribution is -0.128. The van der Waals surface area contributed by atoms with Crippen LogP contribution in [-0.4, -0.2) is 35.8 Å². The molecular formula is C17H24ClN3O2. The monoisotopic (exact) mass is 337 g/mol. The Kier molecular flexibility index (Phi) is 6.42. The summed E-state index contributed by atoms with van der Waals surface area (Å²) in [6.07, 6.45) is 3.58. The van der Waals surface area contributed by atoms with Gasteiger partial charge in [0.2, 0.25) is 11.8 Å². The van der Waals surface area contributed by atoms with Crippen LogP contribution in [0.25, 0.3) is 0 Å². The lowest BCUT2D eigenvalue weighted by atomic mass is 10.1. The van der Waals surface area contributed by atoms with E-state index in [0.717, 1.165) is 43.5 Å². The van der Waals surface area contributed by atoms with Gasteiger partial charge < -0.3 is 15.5 Å². The Hall–Kier alpha value is -1.59. The molecule has 2 heterocycles. The number of nitrogens with zero attached hydrogens (tertiary/aromatic N) is 1. The zero-order valence-corrected chi connectivity index (χ0v) is 14.0. The van der Waals surface area contributed by atoms with Crippen molar-refractivity contribution in [2.45, 2.75) is 44.8 Å². The van der Waals surface area contributed by atoms with Crippen LogP contribution >= 0.6 is 12.4 Å². The van der Waals surface area contributed by atoms with E-state index in [-0.39, 0.29) is 30.3 Å². The second-order valence-electron chi connectivity index (χ2n) is 6.05. The second-order valence-corrected chi connectivity index (χ2v) is 6.05. The first kappa shape index (κ1) is 17.8. The summed E-state index contributed by atoms with van der Waals surface area (Å²) >= 11 is 0. The molecule has 0 spiro atoms. The Balaban J connectivity index is 0.00000192. The molecule has 0 radical (unpaired) electrons. The number of rotatable bonds is 5. The van der Waals surface area contributed by atoms with Gasteiger partial charge in [-0.2, -0.15) is 0 Å². The highest BCUT2D eigenvalue weighted by Crippen LogP contribution is 2.17. The largest absolute Gasteiger partial charge is 0.351 e. The van der Waals surface area contributed by atoms with Crippen molar-refractivity contribution in [2.24, 2.45) is 0 Å². The van der Waals surface area contributed by atoms with Crippen molar-refractivity contribution >= 4 is 24.2 Å². The van der Waals surface area contributed by atoms with Crippen molar-refractivity contribution in [3.8, 4) is 0 Å². The Bertz CT molecular complexity index is 559. The van der Waals surface area contributed by atoms with Gasteiger partial charge in [-0.1, -0.05) is 24.3 Å². The van der Waals surface area contributed by atoms with Crippen molar-refractivity contribution in [1.29, 1.82) is 0 Å². The van der Waals surface area contributed by atoms with Gasteiger partial charge in [-0.05, 0) is 36.9 Å². The van der Waals surface area contributed by atoms with Crippen LogP contribution in [0.3, 0.4) is 0 Å². The van der Waals surface area contributed by atoms with E-state index < -0.39 is 0 Å². The molecule has 1 atom stereocenters. The number of benzene rings is 1. The number of amides is 2. The van der Waals surface area contributed by atoms with Gasteiger partial charge in [-0.25, -0.2) is 0 Å². The van der Waals surface area contributed by atoms with Crippen LogP contribution in [0.2, 0.25) is 0 Å². The molecule has 2 saturated heterocycles. The Morgan fingerprint density at radius 1 is 1.26 bits per heavy atom. The van der Waals surface area contributed by atoms with Crippen LogP contribution in [0.15, 0.2) is 24.3 Å². The van der Waals surface area contributed by atoms with Crippen molar-refractivity contribution in [2.75, 3.05) is 13.1 Å². The summed E-state index contributed by atoms with van der Waals surface area (Å²) in [4.78, 5) is 25.8. The molecule has 1 aromatic rings. The molecule has 2 N–H and O–H groups in total. The van der Waals surface area contributed by atoms with Gasteiger partial charge in [0.1, 0.15) is 0 Å². The lowest BCUT2D eigenvalue weighted by Crippen LogP contribution is -2.40. The number of hydrogen-bond donors (Lipinski definition) is 2. The van der Waals surface area contributed by atoms with Gasteiger partial charge in [-0.15, -0.1) is 12.4 Å². The van der Waals surface area contributed by atoms with Crippen molar-refractivity contribution in [3.05, 3.63) is 35.4 Å². The molecule has 0 aliphatic carbocycles. The van der Waals surface area contributed by atoms with Crippen LogP contribution in [0, 0.1) is 0 Å². The molecule has 23 heavy (non-hydrogen) atoms. The SMILES string of the molecule is Cl.O=C(NCc1ccccc1CN1CCCC1=O)C1CCCN1. The highest BCUT2D eigenvalue weighted by Gasteiger charge is 2.23. The summed E-state index contributed by atoms with van der Waals surface area (Å²) in [6.45, 7) is 2.93. The molecule has 1 unspecified atom stereocenters. The number of likely N-dealkylation sites (tertiary alicyclic amines) is 1. The molecule has 0 saturated carbocycles. The van der Waals surface area contributed by atoms with Crippen LogP contribution in [0.5, 0.6) is 0 Å². The van der Waals surface area contributed by atoms with E-state index in [1.807, 2.05) is 29.2 Å². The first-order valence-electron chi connectivity index (χ1n) is 8.10. The third-order valence-corrected chi connectivity index (χ3v) is 4.48. The summed E-state index contributed by atoms with van der Waals surface area (Å²) in [5.74, 6) is 0.304. The molecule has 6 heteroatoms. The maximum absolute atomic E-state index is 12.1. The van der Waals surface area contributed by atoms with Gasteiger partial charge in [-0.3, -0.25) is 9.59 Å². The van der Waals surface area contributed by atoms with E-state index >= 15 is 0 Å². The number of halogens is 1. The Morgan fingerprint density at radius 2 is 2.04 bits per heavy atom. The Morgan fingerprint density at radius 3 is 2.70 bits per heavy atom. The normalized spacial score (nSPS) is 20.4. The van der Waals surface area contributed by atoms with E-state index in [9.17, 15) is 9.59 Å². The highest BCUT2D eigenvalue weighted by atomic mass is 35.5. The Labute approximate surface area is 143 Å². The predicted octanol–water partition coefficient (Wildman–Crippen LogP) is 1.60. The lowest BCUT2D eigenvalue weighted by Gasteiger charge is -2.19. The average Bonchev–Trinajstić information content (AvgIpc) is 3.19. The number of carbonyl (C=O) groups excluding carboxylic acids is 2. The molecule has 0 bridgehead atoms. The minimum atomic E-state index is -0.0488. The maximum Gasteiger partial charge on any atom is 0.237 e. The summed E-state index contributed by atoms with van der Waals surface area (Å²) in [6, 6.07) is 7.98. The standard InChI is InChI=1S/C17H23N3O2.ClH/c21-16-8-4-10-20(16)12-14-6-2-1-5-13(14)11-19-17(22)15-7-3-9-18-15;/h1-2,5-6,15,18H,3-4,7-12H2,(H,19,22);1H. The summed E-state index contributed by atoms with van der Waals surface area (Å²) in [7, 11) is 0. The fourth-order valence-corrected chi connectivity index (χ4v) is 3.17. The zero-order valence-electron chi connectivity index (χ0n) is 13.2. The van der Waals surface area contributed by atoms with Gasteiger partial charge >= 0.3 is 0 Å². The van der Waals surface area contributed by atoms with Gasteiger partial charge in [0.15, 0.2) is 0 Å². The molecule has 126 valence electrons. The van der Waals surface area contributed by atoms with E-state index in [4.69, 9.17) is 0 Å². The molecule has 5 nitrogen and oxygen atoms in total. The van der Waals surface area contributed by atoms with E-state index in [2.05, 4.69) is 10.6 Å². The predicted molar refractivity (Wildman–Crippen MR) is 91.2 cm³/mol. The molecule has 2 aliphatic heterocycles. The molecular weight excluding hydrogens is 314 g/mol. The molecule has 1 aromatic carbocycles. The van der Waals surface area contributed by atoms with Crippen molar-refractivity contribution in [3.63, 3.8) is 0 Å². The molecule has 2 aliphatic rings. The third-order valence-electron chi connectivity index (χ3n) is 4.48. The number of hydrogen-bond acceptors (Lipinski definition) is 3. The molecule has 0 aromatic heterocycles. The molecule has 2 amide bonds. The van der Waals surface area contributed by atoms with Crippen LogP contribution in [0.4, 0.5) is 0 Å². The quantitative estimate of drug-likeness (QED) is 0.858. The summed E-state index contributed by atoms with van der Waals surface area (Å²) < 4.78 is 0. The summed E-state index contributed by atoms with van der Waals surface area (Å²) in [5, 5.41) is 6.22. The number of carbonyl (C=O) groups is 2. The van der Waals surface area contributed by atoms with Crippen LogP contribution < -0.4 is 10.6 Å². The van der Waals surface area contributed by atoms with Gasteiger partial charge in [0, 0.05) is 26.1 Å². The topological polar surface area (TPSA) is 61.4 Å². The minimum absolute atomic E-state index is 0. The van der Waals surface area contributed by atoms with Crippen molar-refractivity contribution in [1.82, 2.24) is 15.5 Å².